The molecule has 0 aliphatic rings. The summed E-state index contributed by atoms with van der Waals surface area (Å²) in [4.78, 5) is -0.384. The van der Waals surface area contributed by atoms with Gasteiger partial charge in [0.15, 0.2) is 0 Å². The third kappa shape index (κ3) is 3.99. The molecule has 0 spiro atoms. The summed E-state index contributed by atoms with van der Waals surface area (Å²) in [5.41, 5.74) is 0.372. The molecular formula is C13H20FNO3S. The zero-order valence-electron chi connectivity index (χ0n) is 11.4. The topological polar surface area (TPSA) is 57.6 Å². The van der Waals surface area contributed by atoms with E-state index in [4.69, 9.17) is 5.11 Å². The van der Waals surface area contributed by atoms with E-state index in [9.17, 15) is 12.8 Å². The number of hydrogen-bond acceptors (Lipinski definition) is 3. The Morgan fingerprint density at radius 2 is 2.00 bits per heavy atom. The quantitative estimate of drug-likeness (QED) is 0.871. The highest BCUT2D eigenvalue weighted by molar-refractivity contribution is 7.89. The molecule has 0 amide bonds. The molecule has 0 aromatic heterocycles. The van der Waals surface area contributed by atoms with Crippen LogP contribution in [0, 0.1) is 11.7 Å². The van der Waals surface area contributed by atoms with Crippen LogP contribution in [0.3, 0.4) is 0 Å². The van der Waals surface area contributed by atoms with Gasteiger partial charge in [-0.3, -0.25) is 0 Å². The highest BCUT2D eigenvalue weighted by Crippen LogP contribution is 2.20. The molecule has 0 saturated carbocycles. The molecule has 0 aliphatic heterocycles. The molecule has 1 rings (SSSR count). The molecule has 0 heterocycles. The number of aliphatic hydroxyl groups excluding tert-OH is 1. The summed E-state index contributed by atoms with van der Waals surface area (Å²) in [6.07, 6.45) is 0.705. The monoisotopic (exact) mass is 289 g/mol. The van der Waals surface area contributed by atoms with Gasteiger partial charge in [-0.15, -0.1) is 0 Å². The molecule has 19 heavy (non-hydrogen) atoms. The lowest BCUT2D eigenvalue weighted by atomic mass is 10.1. The number of hydrogen-bond donors (Lipinski definition) is 1. The summed E-state index contributed by atoms with van der Waals surface area (Å²) in [7, 11) is -2.42. The van der Waals surface area contributed by atoms with Gasteiger partial charge in [0, 0.05) is 13.6 Å². The van der Waals surface area contributed by atoms with Crippen molar-refractivity contribution in [2.45, 2.75) is 31.8 Å². The van der Waals surface area contributed by atoms with Gasteiger partial charge >= 0.3 is 0 Å². The molecule has 4 nitrogen and oxygen atoms in total. The second-order valence-corrected chi connectivity index (χ2v) is 6.95. The lowest BCUT2D eigenvalue weighted by Gasteiger charge is -2.19. The normalized spacial score (nSPS) is 12.4. The van der Waals surface area contributed by atoms with Gasteiger partial charge in [-0.25, -0.2) is 17.1 Å². The van der Waals surface area contributed by atoms with Gasteiger partial charge < -0.3 is 5.11 Å². The van der Waals surface area contributed by atoms with E-state index in [1.165, 1.54) is 19.2 Å². The molecule has 6 heteroatoms. The third-order valence-corrected chi connectivity index (χ3v) is 4.76. The Morgan fingerprint density at radius 1 is 1.37 bits per heavy atom. The smallest absolute Gasteiger partial charge is 0.245 e. The first-order valence-corrected chi connectivity index (χ1v) is 7.58. The van der Waals surface area contributed by atoms with Crippen molar-refractivity contribution in [2.75, 3.05) is 13.6 Å². The molecule has 1 aromatic carbocycles. The molecule has 108 valence electrons. The van der Waals surface area contributed by atoms with E-state index in [1.54, 1.807) is 0 Å². The van der Waals surface area contributed by atoms with Gasteiger partial charge in [-0.1, -0.05) is 19.9 Å². The van der Waals surface area contributed by atoms with Crippen molar-refractivity contribution in [1.82, 2.24) is 4.31 Å². The second kappa shape index (κ2) is 6.45. The van der Waals surface area contributed by atoms with Crippen molar-refractivity contribution in [3.63, 3.8) is 0 Å². The van der Waals surface area contributed by atoms with Crippen LogP contribution in [0.4, 0.5) is 4.39 Å². The average Bonchev–Trinajstić information content (AvgIpc) is 2.36. The molecule has 0 fully saturated rings. The number of nitrogens with zero attached hydrogens (tertiary/aromatic N) is 1. The fourth-order valence-corrected chi connectivity index (χ4v) is 2.87. The van der Waals surface area contributed by atoms with Crippen molar-refractivity contribution >= 4 is 10.0 Å². The zero-order chi connectivity index (χ0) is 14.6. The largest absolute Gasteiger partial charge is 0.392 e. The van der Waals surface area contributed by atoms with Crippen molar-refractivity contribution in [3.8, 4) is 0 Å². The van der Waals surface area contributed by atoms with Gasteiger partial charge in [0.2, 0.25) is 10.0 Å². The minimum atomic E-state index is -3.85. The average molecular weight is 289 g/mol. The van der Waals surface area contributed by atoms with Crippen LogP contribution in [-0.4, -0.2) is 31.4 Å². The summed E-state index contributed by atoms with van der Waals surface area (Å²) in [5.74, 6) is -0.431. The predicted octanol–water partition coefficient (Wildman–Crippen LogP) is 1.98. The molecule has 0 bridgehead atoms. The third-order valence-electron chi connectivity index (χ3n) is 2.89. The highest BCUT2D eigenvalue weighted by atomic mass is 32.2. The summed E-state index contributed by atoms with van der Waals surface area (Å²) in [6, 6.07) is 3.60. The van der Waals surface area contributed by atoms with E-state index in [-0.39, 0.29) is 11.5 Å². The van der Waals surface area contributed by atoms with E-state index in [2.05, 4.69) is 0 Å². The second-order valence-electron chi connectivity index (χ2n) is 4.93. The summed E-state index contributed by atoms with van der Waals surface area (Å²) < 4.78 is 39.3. The van der Waals surface area contributed by atoms with Gasteiger partial charge in [-0.05, 0) is 30.0 Å². The first kappa shape index (κ1) is 16.1. The summed E-state index contributed by atoms with van der Waals surface area (Å²) in [6.45, 7) is 4.00. The van der Waals surface area contributed by atoms with Crippen LogP contribution in [0.5, 0.6) is 0 Å². The van der Waals surface area contributed by atoms with Gasteiger partial charge in [-0.2, -0.15) is 0 Å². The Labute approximate surface area is 113 Å². The van der Waals surface area contributed by atoms with Crippen molar-refractivity contribution in [3.05, 3.63) is 29.6 Å². The van der Waals surface area contributed by atoms with E-state index in [0.29, 0.717) is 24.4 Å². The van der Waals surface area contributed by atoms with Crippen LogP contribution >= 0.6 is 0 Å². The summed E-state index contributed by atoms with van der Waals surface area (Å²) >= 11 is 0. The number of sulfonamides is 1. The standard InChI is InChI=1S/C13H20FNO3S/c1-10(2)6-7-15(3)19(17,18)13-8-11(9-16)4-5-12(13)14/h4-5,8,10,16H,6-7,9H2,1-3H3. The SMILES string of the molecule is CC(C)CCN(C)S(=O)(=O)c1cc(CO)ccc1F. The maximum Gasteiger partial charge on any atom is 0.245 e. The fraction of sp³-hybridized carbons (Fsp3) is 0.538. The molecular weight excluding hydrogens is 269 g/mol. The fourth-order valence-electron chi connectivity index (χ4n) is 1.57. The Balaban J connectivity index is 3.05. The van der Waals surface area contributed by atoms with Gasteiger partial charge in [0.05, 0.1) is 6.61 Å². The number of rotatable bonds is 6. The number of aliphatic hydroxyl groups is 1. The van der Waals surface area contributed by atoms with Gasteiger partial charge in [0.1, 0.15) is 10.7 Å². The van der Waals surface area contributed by atoms with Gasteiger partial charge in [0.25, 0.3) is 0 Å². The first-order valence-electron chi connectivity index (χ1n) is 6.14. The van der Waals surface area contributed by atoms with Crippen LogP contribution in [-0.2, 0) is 16.6 Å². The Kier molecular flexibility index (Phi) is 5.46. The van der Waals surface area contributed by atoms with Crippen molar-refractivity contribution < 1.29 is 17.9 Å². The molecule has 0 radical (unpaired) electrons. The minimum absolute atomic E-state index is 0.321. The van der Waals surface area contributed by atoms with E-state index in [1.807, 2.05) is 13.8 Å². The molecule has 1 aromatic rings. The Bertz CT molecular complexity index is 529. The lowest BCUT2D eigenvalue weighted by molar-refractivity contribution is 0.281. The zero-order valence-corrected chi connectivity index (χ0v) is 12.2. The molecule has 0 saturated heterocycles. The molecule has 0 aliphatic carbocycles. The van der Waals surface area contributed by atoms with Crippen LogP contribution in [0.25, 0.3) is 0 Å². The molecule has 0 unspecified atom stereocenters. The van der Waals surface area contributed by atoms with Crippen LogP contribution < -0.4 is 0 Å². The Hall–Kier alpha value is -0.980. The predicted molar refractivity (Wildman–Crippen MR) is 71.6 cm³/mol. The van der Waals surface area contributed by atoms with Crippen molar-refractivity contribution in [2.24, 2.45) is 5.92 Å². The number of benzene rings is 1. The van der Waals surface area contributed by atoms with E-state index >= 15 is 0 Å². The van der Waals surface area contributed by atoms with E-state index < -0.39 is 15.8 Å². The Morgan fingerprint density at radius 3 is 2.53 bits per heavy atom. The van der Waals surface area contributed by atoms with Crippen LogP contribution in [0.1, 0.15) is 25.8 Å². The van der Waals surface area contributed by atoms with E-state index in [0.717, 1.165) is 10.4 Å². The minimum Gasteiger partial charge on any atom is -0.392 e. The maximum absolute atomic E-state index is 13.7. The number of halogens is 1. The summed E-state index contributed by atoms with van der Waals surface area (Å²) in [5, 5.41) is 9.00. The van der Waals surface area contributed by atoms with Crippen molar-refractivity contribution in [1.29, 1.82) is 0 Å². The highest BCUT2D eigenvalue weighted by Gasteiger charge is 2.24. The lowest BCUT2D eigenvalue weighted by Crippen LogP contribution is -2.29. The van der Waals surface area contributed by atoms with Crippen LogP contribution in [0.15, 0.2) is 23.1 Å². The molecule has 1 N–H and O–H groups in total. The molecule has 0 atom stereocenters. The van der Waals surface area contributed by atoms with Crippen LogP contribution in [0.2, 0.25) is 0 Å². The first-order chi connectivity index (χ1) is 8.78. The maximum atomic E-state index is 13.7.